The van der Waals surface area contributed by atoms with Crippen LogP contribution in [0.4, 0.5) is 11.4 Å². The van der Waals surface area contributed by atoms with E-state index in [1.54, 1.807) is 11.8 Å². The number of piperazine rings is 1. The lowest BCUT2D eigenvalue weighted by atomic mass is 10.2. The van der Waals surface area contributed by atoms with Gasteiger partial charge in [0.25, 0.3) is 0 Å². The average Bonchev–Trinajstić information content (AvgIpc) is 2.67. The van der Waals surface area contributed by atoms with E-state index in [9.17, 15) is 4.79 Å². The number of anilines is 2. The highest BCUT2D eigenvalue weighted by molar-refractivity contribution is 7.99. The quantitative estimate of drug-likeness (QED) is 0.788. The molecule has 0 spiro atoms. The summed E-state index contributed by atoms with van der Waals surface area (Å²) in [4.78, 5) is 21.8. The van der Waals surface area contributed by atoms with E-state index in [-0.39, 0.29) is 37.3 Å². The number of halogens is 2. The standard InChI is InChI=1S/C20H23N3O2S.2ClH/c24-14-13-21-9-11-22(12-10-21)15-20(25)23-16-5-1-3-7-18(16)26-19-8-4-2-6-17(19)23;;/h1-8,24H,9-15H2;2*1H. The van der Waals surface area contributed by atoms with Crippen LogP contribution in [0.25, 0.3) is 0 Å². The van der Waals surface area contributed by atoms with Crippen LogP contribution in [0.2, 0.25) is 0 Å². The third-order valence-electron chi connectivity index (χ3n) is 4.92. The Kier molecular flexibility index (Phi) is 8.61. The molecule has 1 fully saturated rings. The van der Waals surface area contributed by atoms with Gasteiger partial charge >= 0.3 is 0 Å². The lowest BCUT2D eigenvalue weighted by Crippen LogP contribution is -2.50. The van der Waals surface area contributed by atoms with E-state index in [0.29, 0.717) is 13.1 Å². The zero-order chi connectivity index (χ0) is 17.9. The van der Waals surface area contributed by atoms with Crippen molar-refractivity contribution < 1.29 is 9.90 Å². The molecule has 8 heteroatoms. The molecule has 152 valence electrons. The predicted molar refractivity (Wildman–Crippen MR) is 119 cm³/mol. The number of hydrogen-bond acceptors (Lipinski definition) is 5. The number of β-amino-alcohol motifs (C(OH)–C–C–N with tert-alkyl or cyclic N) is 1. The molecule has 1 amide bonds. The van der Waals surface area contributed by atoms with Crippen molar-refractivity contribution in [2.75, 3.05) is 50.8 Å². The summed E-state index contributed by atoms with van der Waals surface area (Å²) in [6.07, 6.45) is 0. The third kappa shape index (κ3) is 4.82. The number of para-hydroxylation sites is 2. The van der Waals surface area contributed by atoms with Crippen molar-refractivity contribution in [1.29, 1.82) is 0 Å². The summed E-state index contributed by atoms with van der Waals surface area (Å²) in [7, 11) is 0. The maximum absolute atomic E-state index is 13.2. The monoisotopic (exact) mass is 441 g/mol. The van der Waals surface area contributed by atoms with Gasteiger partial charge in [0.15, 0.2) is 0 Å². The molecule has 2 aromatic rings. The molecule has 5 nitrogen and oxygen atoms in total. The molecule has 28 heavy (non-hydrogen) atoms. The number of fused-ring (bicyclic) bond motifs is 2. The van der Waals surface area contributed by atoms with E-state index in [1.807, 2.05) is 41.3 Å². The fourth-order valence-electron chi connectivity index (χ4n) is 3.55. The van der Waals surface area contributed by atoms with Crippen molar-refractivity contribution in [2.24, 2.45) is 0 Å². The van der Waals surface area contributed by atoms with Gasteiger partial charge in [-0.2, -0.15) is 0 Å². The molecule has 2 aromatic carbocycles. The van der Waals surface area contributed by atoms with Crippen LogP contribution in [0.15, 0.2) is 58.3 Å². The Bertz CT molecular complexity index is 755. The summed E-state index contributed by atoms with van der Waals surface area (Å²) in [5, 5.41) is 9.07. The minimum absolute atomic E-state index is 0. The topological polar surface area (TPSA) is 47.0 Å². The molecular formula is C20H25Cl2N3O2S. The van der Waals surface area contributed by atoms with Gasteiger partial charge in [-0.25, -0.2) is 0 Å². The van der Waals surface area contributed by atoms with E-state index < -0.39 is 0 Å². The van der Waals surface area contributed by atoms with Gasteiger partial charge in [0.2, 0.25) is 5.91 Å². The second kappa shape index (κ2) is 10.5. The molecule has 4 rings (SSSR count). The van der Waals surface area contributed by atoms with Crippen molar-refractivity contribution in [3.8, 4) is 0 Å². The van der Waals surface area contributed by atoms with Crippen LogP contribution < -0.4 is 4.90 Å². The maximum atomic E-state index is 13.2. The molecule has 0 saturated carbocycles. The van der Waals surface area contributed by atoms with Crippen LogP contribution in [0, 0.1) is 0 Å². The fraction of sp³-hybridized carbons (Fsp3) is 0.350. The van der Waals surface area contributed by atoms with Crippen LogP contribution in [0.1, 0.15) is 0 Å². The number of carbonyl (C=O) groups excluding carboxylic acids is 1. The zero-order valence-electron chi connectivity index (χ0n) is 15.5. The molecule has 0 radical (unpaired) electrons. The Morgan fingerprint density at radius 2 is 1.36 bits per heavy atom. The van der Waals surface area contributed by atoms with E-state index in [4.69, 9.17) is 5.11 Å². The predicted octanol–water partition coefficient (Wildman–Crippen LogP) is 3.27. The Labute approximate surface area is 182 Å². The van der Waals surface area contributed by atoms with E-state index in [2.05, 4.69) is 21.9 Å². The van der Waals surface area contributed by atoms with Gasteiger partial charge in [0.1, 0.15) is 0 Å². The largest absolute Gasteiger partial charge is 0.395 e. The summed E-state index contributed by atoms with van der Waals surface area (Å²) in [5.74, 6) is 0.112. The normalized spacial score (nSPS) is 16.4. The van der Waals surface area contributed by atoms with Crippen LogP contribution in [-0.4, -0.2) is 66.7 Å². The third-order valence-corrected chi connectivity index (χ3v) is 6.05. The molecule has 1 saturated heterocycles. The van der Waals surface area contributed by atoms with Gasteiger partial charge in [0.05, 0.1) is 24.5 Å². The molecule has 0 bridgehead atoms. The van der Waals surface area contributed by atoms with Gasteiger partial charge in [-0.3, -0.25) is 19.5 Å². The molecule has 0 aromatic heterocycles. The lowest BCUT2D eigenvalue weighted by molar-refractivity contribution is -0.119. The highest BCUT2D eigenvalue weighted by Gasteiger charge is 2.29. The first-order chi connectivity index (χ1) is 12.8. The maximum Gasteiger partial charge on any atom is 0.245 e. The van der Waals surface area contributed by atoms with Crippen molar-refractivity contribution in [1.82, 2.24) is 9.80 Å². The number of amides is 1. The fourth-order valence-corrected chi connectivity index (χ4v) is 4.61. The zero-order valence-corrected chi connectivity index (χ0v) is 17.9. The summed E-state index contributed by atoms with van der Waals surface area (Å²) in [6.45, 7) is 4.84. The average molecular weight is 442 g/mol. The Morgan fingerprint density at radius 1 is 0.857 bits per heavy atom. The van der Waals surface area contributed by atoms with Crippen LogP contribution >= 0.6 is 36.6 Å². The number of aliphatic hydroxyl groups is 1. The minimum Gasteiger partial charge on any atom is -0.395 e. The van der Waals surface area contributed by atoms with Gasteiger partial charge in [-0.05, 0) is 24.3 Å². The molecule has 1 N–H and O–H groups in total. The van der Waals surface area contributed by atoms with Crippen molar-refractivity contribution >= 4 is 53.9 Å². The van der Waals surface area contributed by atoms with Crippen LogP contribution in [0.3, 0.4) is 0 Å². The Hall–Kier alpha value is -1.28. The van der Waals surface area contributed by atoms with Gasteiger partial charge in [0, 0.05) is 42.5 Å². The van der Waals surface area contributed by atoms with Crippen molar-refractivity contribution in [2.45, 2.75) is 9.79 Å². The molecule has 2 heterocycles. The first-order valence-corrected chi connectivity index (χ1v) is 9.82. The van der Waals surface area contributed by atoms with Crippen LogP contribution in [-0.2, 0) is 4.79 Å². The number of hydrogen-bond donors (Lipinski definition) is 1. The molecule has 0 unspecified atom stereocenters. The van der Waals surface area contributed by atoms with Gasteiger partial charge in [-0.15, -0.1) is 24.8 Å². The Balaban J connectivity index is 0.00000140. The number of nitrogens with zero attached hydrogens (tertiary/aromatic N) is 3. The first-order valence-electron chi connectivity index (χ1n) is 9.01. The van der Waals surface area contributed by atoms with Crippen molar-refractivity contribution in [3.63, 3.8) is 0 Å². The molecular weight excluding hydrogens is 417 g/mol. The number of benzene rings is 2. The lowest BCUT2D eigenvalue weighted by Gasteiger charge is -2.36. The first kappa shape index (κ1) is 23.0. The minimum atomic E-state index is 0. The number of carbonyl (C=O) groups is 1. The summed E-state index contributed by atoms with van der Waals surface area (Å²) >= 11 is 1.72. The van der Waals surface area contributed by atoms with E-state index in [1.165, 1.54) is 0 Å². The molecule has 0 atom stereocenters. The second-order valence-electron chi connectivity index (χ2n) is 6.61. The molecule has 2 aliphatic heterocycles. The summed E-state index contributed by atoms with van der Waals surface area (Å²) in [6, 6.07) is 16.2. The highest BCUT2D eigenvalue weighted by atomic mass is 35.5. The smallest absolute Gasteiger partial charge is 0.245 e. The van der Waals surface area contributed by atoms with Gasteiger partial charge in [-0.1, -0.05) is 36.0 Å². The SMILES string of the molecule is Cl.Cl.O=C(CN1CCN(CCO)CC1)N1c2ccccc2Sc2ccccc21. The molecule has 0 aliphatic carbocycles. The van der Waals surface area contributed by atoms with E-state index in [0.717, 1.165) is 47.3 Å². The van der Waals surface area contributed by atoms with E-state index >= 15 is 0 Å². The summed E-state index contributed by atoms with van der Waals surface area (Å²) in [5.41, 5.74) is 1.94. The van der Waals surface area contributed by atoms with Gasteiger partial charge < -0.3 is 5.11 Å². The number of aliphatic hydroxyl groups excluding tert-OH is 1. The Morgan fingerprint density at radius 3 is 1.89 bits per heavy atom. The second-order valence-corrected chi connectivity index (χ2v) is 7.69. The summed E-state index contributed by atoms with van der Waals surface area (Å²) < 4.78 is 0. The van der Waals surface area contributed by atoms with Crippen LogP contribution in [0.5, 0.6) is 0 Å². The number of rotatable bonds is 4. The van der Waals surface area contributed by atoms with Crippen molar-refractivity contribution in [3.05, 3.63) is 48.5 Å². The highest BCUT2D eigenvalue weighted by Crippen LogP contribution is 2.47. The molecule has 2 aliphatic rings.